The van der Waals surface area contributed by atoms with Crippen molar-refractivity contribution in [3.05, 3.63) is 82.5 Å². The fourth-order valence-electron chi connectivity index (χ4n) is 8.02. The number of nitrogen functional groups attached to an aromatic ring is 1. The summed E-state index contributed by atoms with van der Waals surface area (Å²) in [7, 11) is -3.24. The molecule has 0 aliphatic carbocycles. The monoisotopic (exact) mass is 1000 g/mol. The van der Waals surface area contributed by atoms with Crippen LogP contribution < -0.4 is 41.9 Å². The number of aryl methyl sites for hydroxylation is 1. The highest BCUT2D eigenvalue weighted by Crippen LogP contribution is 2.45. The van der Waals surface area contributed by atoms with E-state index in [1.165, 1.54) is 46.0 Å². The number of rotatable bonds is 18. The maximum absolute atomic E-state index is 15.0. The number of nitrogens with two attached hydrogens (primary N) is 4. The normalized spacial score (nSPS) is 17.8. The maximum atomic E-state index is 15.0. The second-order valence-electron chi connectivity index (χ2n) is 18.9. The molecule has 5 rings (SSSR count). The second-order valence-corrected chi connectivity index (χ2v) is 20.3. The first-order chi connectivity index (χ1) is 33.2. The molecule has 2 amide bonds. The molecule has 22 heteroatoms. The number of carbonyl (C=O) groups is 5. The van der Waals surface area contributed by atoms with Crippen molar-refractivity contribution in [3.8, 4) is 39.8 Å². The molecule has 0 radical (unpaired) electrons. The Hall–Kier alpha value is -6.40. The number of aliphatic hydroxyl groups excluding tert-OH is 2. The molecule has 4 bridgehead atoms. The van der Waals surface area contributed by atoms with Crippen LogP contribution in [0.4, 0.5) is 5.82 Å². The standard InChI is InChI=1S/C49H65N9O12S/c1-25-14-39(63)43(58(7)48(66)31(22-54-71(53,67)68)18-38(62)42-26(2)55-46(57-45(42)52)29-9-11-32(12-10-29)49(4,5)6)30-17-36(44(64)41(19-30)70-24-34(61)21-51)35-15-28(16-37(27(3)59)56-47(25)65)8-13-40(35)69-23-33(60)20-50/h8-13,15,17,19,25,31,33-34,37,43,54,60-61,64H,14,16,18,20-24,50-51H2,1-7H3,(H,56,65)(H2,52,55,57)(H2,53,67,68)/t25-,31+,33-,34-,37+,43+/m1/s1. The van der Waals surface area contributed by atoms with E-state index in [1.54, 1.807) is 12.1 Å². The van der Waals surface area contributed by atoms with E-state index in [0.29, 0.717) is 11.1 Å². The molecule has 2 heterocycles. The van der Waals surface area contributed by atoms with Gasteiger partial charge in [-0.3, -0.25) is 24.0 Å². The largest absolute Gasteiger partial charge is 0.504 e. The van der Waals surface area contributed by atoms with E-state index in [4.69, 9.17) is 31.8 Å². The van der Waals surface area contributed by atoms with Gasteiger partial charge in [0.15, 0.2) is 34.7 Å². The van der Waals surface area contributed by atoms with E-state index in [0.717, 1.165) is 10.5 Å². The van der Waals surface area contributed by atoms with Crippen molar-refractivity contribution in [2.24, 2.45) is 28.4 Å². The Bertz CT molecular complexity index is 2730. The van der Waals surface area contributed by atoms with Crippen molar-refractivity contribution < 1.29 is 57.2 Å². The number of benzene rings is 3. The predicted molar refractivity (Wildman–Crippen MR) is 264 cm³/mol. The molecule has 6 atom stereocenters. The Balaban J connectivity index is 1.67. The van der Waals surface area contributed by atoms with E-state index in [2.05, 4.69) is 40.8 Å². The molecule has 0 fully saturated rings. The number of fused-ring (bicyclic) bond motifs is 5. The summed E-state index contributed by atoms with van der Waals surface area (Å²) in [4.78, 5) is 80.8. The number of phenolic OH excluding ortho intramolecular Hbond substituents is 1. The first-order valence-corrected chi connectivity index (χ1v) is 24.4. The zero-order chi connectivity index (χ0) is 52.7. The smallest absolute Gasteiger partial charge is 0.274 e. The summed E-state index contributed by atoms with van der Waals surface area (Å²) in [6, 6.07) is 12.1. The van der Waals surface area contributed by atoms with E-state index in [-0.39, 0.29) is 82.6 Å². The van der Waals surface area contributed by atoms with Gasteiger partial charge in [0.2, 0.25) is 11.8 Å². The van der Waals surface area contributed by atoms with Crippen molar-refractivity contribution >= 4 is 45.2 Å². The number of nitrogens with one attached hydrogen (secondary N) is 2. The molecule has 13 N–H and O–H groups in total. The molecule has 3 aromatic carbocycles. The Morgan fingerprint density at radius 3 is 2.11 bits per heavy atom. The molecule has 21 nitrogen and oxygen atoms in total. The van der Waals surface area contributed by atoms with E-state index in [1.807, 2.05) is 24.3 Å². The number of hydrogen-bond donors (Lipinski definition) is 9. The lowest BCUT2D eigenvalue weighted by molar-refractivity contribution is -0.142. The molecular formula is C49H65N9O12S. The van der Waals surface area contributed by atoms with Gasteiger partial charge in [-0.15, -0.1) is 0 Å². The number of aromatic hydroxyl groups is 1. The summed E-state index contributed by atoms with van der Waals surface area (Å²) < 4.78 is 38.6. The topological polar surface area (TPSA) is 356 Å². The highest BCUT2D eigenvalue weighted by Gasteiger charge is 2.38. The maximum Gasteiger partial charge on any atom is 0.274 e. The van der Waals surface area contributed by atoms with Crippen LogP contribution >= 0.6 is 0 Å². The first-order valence-electron chi connectivity index (χ1n) is 22.9. The number of nitrogens with zero attached hydrogens (tertiary/aromatic N) is 3. The van der Waals surface area contributed by atoms with Gasteiger partial charge in [-0.25, -0.2) is 19.8 Å². The highest BCUT2D eigenvalue weighted by atomic mass is 32.2. The van der Waals surface area contributed by atoms with Crippen molar-refractivity contribution in [3.63, 3.8) is 0 Å². The van der Waals surface area contributed by atoms with Crippen LogP contribution in [0.5, 0.6) is 17.2 Å². The molecule has 0 spiro atoms. The van der Waals surface area contributed by atoms with Crippen LogP contribution in [-0.4, -0.2) is 126 Å². The number of likely N-dealkylation sites (N-methyl/N-ethyl adjacent to an activating group) is 1. The van der Waals surface area contributed by atoms with Crippen LogP contribution in [0.25, 0.3) is 22.5 Å². The number of amides is 2. The summed E-state index contributed by atoms with van der Waals surface area (Å²) in [5.41, 5.74) is 19.9. The minimum atomic E-state index is -4.47. The molecule has 1 aromatic heterocycles. The average molecular weight is 1000 g/mol. The minimum absolute atomic E-state index is 0.00962. The van der Waals surface area contributed by atoms with Crippen LogP contribution in [0.1, 0.15) is 86.2 Å². The third-order valence-electron chi connectivity index (χ3n) is 12.1. The number of ketones is 3. The van der Waals surface area contributed by atoms with Crippen LogP contribution in [-0.2, 0) is 41.2 Å². The number of aromatic nitrogens is 2. The first kappa shape index (κ1) is 55.5. The second kappa shape index (κ2) is 23.2. The quantitative estimate of drug-likeness (QED) is 0.0638. The molecule has 1 aliphatic rings. The van der Waals surface area contributed by atoms with Gasteiger partial charge >= 0.3 is 0 Å². The van der Waals surface area contributed by atoms with Crippen LogP contribution in [0.2, 0.25) is 0 Å². The number of hydrogen-bond acceptors (Lipinski definition) is 17. The van der Waals surface area contributed by atoms with Crippen LogP contribution in [0.15, 0.2) is 54.6 Å². The average Bonchev–Trinajstić information content (AvgIpc) is 3.30. The van der Waals surface area contributed by atoms with Crippen LogP contribution in [0, 0.1) is 18.8 Å². The Morgan fingerprint density at radius 1 is 0.930 bits per heavy atom. The van der Waals surface area contributed by atoms with Gasteiger partial charge in [0, 0.05) is 62.1 Å². The summed E-state index contributed by atoms with van der Waals surface area (Å²) in [6.45, 7) is 8.64. The van der Waals surface area contributed by atoms with Gasteiger partial charge in [0.25, 0.3) is 10.2 Å². The SMILES string of the molecule is CC(=O)[C@@H]1Cc2ccc(OC[C@H](O)CN)c(c2)-c2cc(cc(OC[C@H](O)CN)c2O)[C@H](N(C)C(=O)[C@H](CNS(N)(=O)=O)CC(=O)c2c(C)nc(-c3ccc(C(C)(C)C)cc3)nc2N)C(=O)C[C@@H](C)C(=O)N1. The molecule has 0 unspecified atom stereocenters. The number of Topliss-reactive ketones (excluding diaryl/α,β-unsaturated/α-hetero) is 3. The molecule has 384 valence electrons. The number of aliphatic hydroxyl groups is 2. The lowest BCUT2D eigenvalue weighted by Crippen LogP contribution is -2.46. The Kier molecular flexibility index (Phi) is 18.2. The lowest BCUT2D eigenvalue weighted by Gasteiger charge is -2.32. The third-order valence-corrected chi connectivity index (χ3v) is 12.7. The Morgan fingerprint density at radius 2 is 1.55 bits per heavy atom. The van der Waals surface area contributed by atoms with Crippen LogP contribution in [0.3, 0.4) is 0 Å². The van der Waals surface area contributed by atoms with Gasteiger partial charge in [0.05, 0.1) is 23.2 Å². The number of ether oxygens (including phenoxy) is 2. The number of carbonyl (C=O) groups excluding carboxylic acids is 5. The van der Waals surface area contributed by atoms with Crippen molar-refractivity contribution in [1.29, 1.82) is 0 Å². The number of anilines is 1. The van der Waals surface area contributed by atoms with Crippen molar-refractivity contribution in [2.75, 3.05) is 45.6 Å². The number of phenols is 1. The van der Waals surface area contributed by atoms with Gasteiger partial charge in [-0.1, -0.05) is 58.0 Å². The minimum Gasteiger partial charge on any atom is -0.504 e. The summed E-state index contributed by atoms with van der Waals surface area (Å²) in [5.74, 6) is -6.83. The summed E-state index contributed by atoms with van der Waals surface area (Å²) in [6.07, 6.45) is -3.56. The van der Waals surface area contributed by atoms with E-state index >= 15 is 0 Å². The molecule has 4 aromatic rings. The summed E-state index contributed by atoms with van der Waals surface area (Å²) in [5, 5.41) is 40.7. The fourth-order valence-corrected chi connectivity index (χ4v) is 8.45. The van der Waals surface area contributed by atoms with Gasteiger partial charge in [-0.2, -0.15) is 8.42 Å². The molecule has 0 saturated heterocycles. The van der Waals surface area contributed by atoms with Gasteiger partial charge in [0.1, 0.15) is 43.0 Å². The zero-order valence-electron chi connectivity index (χ0n) is 40.9. The van der Waals surface area contributed by atoms with Gasteiger partial charge < -0.3 is 52.2 Å². The lowest BCUT2D eigenvalue weighted by atomic mass is 9.86. The zero-order valence-corrected chi connectivity index (χ0v) is 41.7. The highest BCUT2D eigenvalue weighted by molar-refractivity contribution is 7.87. The van der Waals surface area contributed by atoms with Gasteiger partial charge in [-0.05, 0) is 66.6 Å². The predicted octanol–water partition coefficient (Wildman–Crippen LogP) is 1.51. The van der Waals surface area contributed by atoms with E-state index < -0.39 is 107 Å². The molecular weight excluding hydrogens is 939 g/mol. The van der Waals surface area contributed by atoms with Crippen molar-refractivity contribution in [1.82, 2.24) is 24.9 Å². The molecule has 0 saturated carbocycles. The molecule has 1 aliphatic heterocycles. The molecule has 71 heavy (non-hydrogen) atoms. The van der Waals surface area contributed by atoms with Crippen molar-refractivity contribution in [2.45, 2.75) is 90.5 Å². The Labute approximate surface area is 412 Å². The fraction of sp³-hybridized carbons (Fsp3) is 0.449. The third kappa shape index (κ3) is 14.1. The summed E-state index contributed by atoms with van der Waals surface area (Å²) >= 11 is 0. The van der Waals surface area contributed by atoms with E-state index in [9.17, 15) is 47.7 Å².